The normalized spacial score (nSPS) is 44.8. The molecule has 0 aromatic rings. The van der Waals surface area contributed by atoms with E-state index in [2.05, 4.69) is 0 Å². The molecule has 4 heteroatoms. The molecule has 0 aromatic heterocycles. The number of fused-ring (bicyclic) bond motifs is 1. The van der Waals surface area contributed by atoms with Gasteiger partial charge in [0.15, 0.2) is 12.1 Å². The summed E-state index contributed by atoms with van der Waals surface area (Å²) in [6.07, 6.45) is 0.329. The monoisotopic (exact) mass is 174 g/mol. The van der Waals surface area contributed by atoms with Crippen LogP contribution in [-0.2, 0) is 14.2 Å². The molecular formula is C8H14O4. The minimum atomic E-state index is -0.532. The second-order valence-electron chi connectivity index (χ2n) is 3.72. The van der Waals surface area contributed by atoms with Crippen molar-refractivity contribution in [3.8, 4) is 0 Å². The molecular weight excluding hydrogens is 160 g/mol. The van der Waals surface area contributed by atoms with E-state index >= 15 is 0 Å². The maximum Gasteiger partial charge on any atom is 0.187 e. The van der Waals surface area contributed by atoms with Gasteiger partial charge in [0.05, 0.1) is 12.7 Å². The lowest BCUT2D eigenvalue weighted by Gasteiger charge is -2.19. The SMILES string of the molecule is CC1(C)OC2O[C@H](CO)C[C@@H]2O1. The van der Waals surface area contributed by atoms with Crippen LogP contribution in [0.5, 0.6) is 0 Å². The fraction of sp³-hybridized carbons (Fsp3) is 1.00. The van der Waals surface area contributed by atoms with Crippen LogP contribution in [0.3, 0.4) is 0 Å². The van der Waals surface area contributed by atoms with Crippen molar-refractivity contribution in [3.05, 3.63) is 0 Å². The Bertz CT molecular complexity index is 164. The Hall–Kier alpha value is -0.160. The van der Waals surface area contributed by atoms with Crippen molar-refractivity contribution >= 4 is 0 Å². The zero-order valence-corrected chi connectivity index (χ0v) is 7.32. The number of hydrogen-bond acceptors (Lipinski definition) is 4. The second kappa shape index (κ2) is 2.67. The predicted octanol–water partition coefficient (Wildman–Crippen LogP) is 0.245. The fourth-order valence-electron chi connectivity index (χ4n) is 1.70. The van der Waals surface area contributed by atoms with E-state index in [1.165, 1.54) is 0 Å². The summed E-state index contributed by atoms with van der Waals surface area (Å²) in [4.78, 5) is 0. The van der Waals surface area contributed by atoms with Crippen LogP contribution in [0.15, 0.2) is 0 Å². The molecule has 1 unspecified atom stereocenters. The number of aliphatic hydroxyl groups is 1. The smallest absolute Gasteiger partial charge is 0.187 e. The summed E-state index contributed by atoms with van der Waals surface area (Å²) in [7, 11) is 0. The maximum atomic E-state index is 8.82. The molecule has 0 aromatic carbocycles. The van der Waals surface area contributed by atoms with Crippen LogP contribution in [0.2, 0.25) is 0 Å². The average Bonchev–Trinajstić information content (AvgIpc) is 2.40. The molecule has 0 aliphatic carbocycles. The first-order valence-electron chi connectivity index (χ1n) is 4.23. The van der Waals surface area contributed by atoms with Gasteiger partial charge in [-0.2, -0.15) is 0 Å². The number of ether oxygens (including phenoxy) is 3. The molecule has 1 N–H and O–H groups in total. The summed E-state index contributed by atoms with van der Waals surface area (Å²) in [6.45, 7) is 3.77. The molecule has 0 spiro atoms. The third-order valence-corrected chi connectivity index (χ3v) is 2.16. The Labute approximate surface area is 71.4 Å². The molecule has 2 aliphatic rings. The molecule has 2 saturated heterocycles. The van der Waals surface area contributed by atoms with E-state index in [9.17, 15) is 0 Å². The predicted molar refractivity (Wildman–Crippen MR) is 40.4 cm³/mol. The van der Waals surface area contributed by atoms with Crippen molar-refractivity contribution in [1.29, 1.82) is 0 Å². The molecule has 3 atom stereocenters. The Balaban J connectivity index is 1.97. The van der Waals surface area contributed by atoms with Gasteiger partial charge >= 0.3 is 0 Å². The van der Waals surface area contributed by atoms with Gasteiger partial charge in [0.1, 0.15) is 6.10 Å². The zero-order chi connectivity index (χ0) is 8.77. The van der Waals surface area contributed by atoms with Gasteiger partial charge in [-0.1, -0.05) is 0 Å². The highest BCUT2D eigenvalue weighted by Gasteiger charge is 2.48. The van der Waals surface area contributed by atoms with E-state index in [1.54, 1.807) is 0 Å². The van der Waals surface area contributed by atoms with Gasteiger partial charge in [0, 0.05) is 6.42 Å². The number of hydrogen-bond donors (Lipinski definition) is 1. The Kier molecular flexibility index (Phi) is 1.88. The standard InChI is InChI=1S/C8H14O4/c1-8(2)11-6-3-5(4-9)10-7(6)12-8/h5-7,9H,3-4H2,1-2H3/t5-,6-,7?/m0/s1. The summed E-state index contributed by atoms with van der Waals surface area (Å²) in [5.41, 5.74) is 0. The highest BCUT2D eigenvalue weighted by molar-refractivity contribution is 4.84. The van der Waals surface area contributed by atoms with Gasteiger partial charge in [-0.3, -0.25) is 0 Å². The molecule has 4 nitrogen and oxygen atoms in total. The van der Waals surface area contributed by atoms with E-state index < -0.39 is 5.79 Å². The summed E-state index contributed by atoms with van der Waals surface area (Å²) >= 11 is 0. The van der Waals surface area contributed by atoms with Crippen molar-refractivity contribution in [1.82, 2.24) is 0 Å². The van der Waals surface area contributed by atoms with Gasteiger partial charge in [-0.25, -0.2) is 0 Å². The number of rotatable bonds is 1. The Morgan fingerprint density at radius 2 is 2.17 bits per heavy atom. The molecule has 0 saturated carbocycles. The first kappa shape index (κ1) is 8.44. The first-order valence-corrected chi connectivity index (χ1v) is 4.23. The van der Waals surface area contributed by atoms with Gasteiger partial charge in [0.25, 0.3) is 0 Å². The Morgan fingerprint density at radius 3 is 2.75 bits per heavy atom. The molecule has 2 rings (SSSR count). The molecule has 2 heterocycles. The largest absolute Gasteiger partial charge is 0.394 e. The van der Waals surface area contributed by atoms with Crippen LogP contribution >= 0.6 is 0 Å². The molecule has 2 aliphatic heterocycles. The van der Waals surface area contributed by atoms with Gasteiger partial charge in [-0.15, -0.1) is 0 Å². The van der Waals surface area contributed by atoms with Gasteiger partial charge in [0.2, 0.25) is 0 Å². The molecule has 12 heavy (non-hydrogen) atoms. The first-order chi connectivity index (χ1) is 5.61. The summed E-state index contributed by atoms with van der Waals surface area (Å²) < 4.78 is 16.4. The summed E-state index contributed by atoms with van der Waals surface area (Å²) in [5.74, 6) is -0.532. The van der Waals surface area contributed by atoms with Crippen molar-refractivity contribution < 1.29 is 19.3 Å². The quantitative estimate of drug-likeness (QED) is 0.619. The lowest BCUT2D eigenvalue weighted by atomic mass is 10.2. The van der Waals surface area contributed by atoms with E-state index in [1.807, 2.05) is 13.8 Å². The van der Waals surface area contributed by atoms with Crippen LogP contribution in [-0.4, -0.2) is 36.0 Å². The maximum absolute atomic E-state index is 8.82. The highest BCUT2D eigenvalue weighted by Crippen LogP contribution is 2.36. The van der Waals surface area contributed by atoms with Crippen LogP contribution in [0.25, 0.3) is 0 Å². The van der Waals surface area contributed by atoms with E-state index in [0.29, 0.717) is 0 Å². The van der Waals surface area contributed by atoms with Crippen LogP contribution in [0.1, 0.15) is 20.3 Å². The molecule has 70 valence electrons. The van der Waals surface area contributed by atoms with Crippen molar-refractivity contribution in [2.45, 2.75) is 44.6 Å². The third-order valence-electron chi connectivity index (χ3n) is 2.16. The third kappa shape index (κ3) is 1.35. The van der Waals surface area contributed by atoms with Crippen molar-refractivity contribution in [2.75, 3.05) is 6.61 Å². The zero-order valence-electron chi connectivity index (χ0n) is 7.32. The van der Waals surface area contributed by atoms with Crippen molar-refractivity contribution in [2.24, 2.45) is 0 Å². The van der Waals surface area contributed by atoms with E-state index in [4.69, 9.17) is 19.3 Å². The second-order valence-corrected chi connectivity index (χ2v) is 3.72. The van der Waals surface area contributed by atoms with Crippen LogP contribution < -0.4 is 0 Å². The average molecular weight is 174 g/mol. The minimum absolute atomic E-state index is 0.00264. The molecule has 0 amide bonds. The van der Waals surface area contributed by atoms with E-state index in [0.717, 1.165) is 6.42 Å². The van der Waals surface area contributed by atoms with Gasteiger partial charge < -0.3 is 19.3 Å². The number of aliphatic hydroxyl groups excluding tert-OH is 1. The molecule has 0 radical (unpaired) electrons. The fourth-order valence-corrected chi connectivity index (χ4v) is 1.70. The molecule has 2 fully saturated rings. The molecule has 0 bridgehead atoms. The van der Waals surface area contributed by atoms with E-state index in [-0.39, 0.29) is 25.1 Å². The minimum Gasteiger partial charge on any atom is -0.394 e. The summed E-state index contributed by atoms with van der Waals surface area (Å²) in [5, 5.41) is 8.82. The van der Waals surface area contributed by atoms with Crippen LogP contribution in [0.4, 0.5) is 0 Å². The Morgan fingerprint density at radius 1 is 1.42 bits per heavy atom. The highest BCUT2D eigenvalue weighted by atomic mass is 16.8. The van der Waals surface area contributed by atoms with Crippen LogP contribution in [0, 0.1) is 0 Å². The lowest BCUT2D eigenvalue weighted by Crippen LogP contribution is -2.25. The van der Waals surface area contributed by atoms with Gasteiger partial charge in [-0.05, 0) is 13.8 Å². The summed E-state index contributed by atoms with van der Waals surface area (Å²) in [6, 6.07) is 0. The lowest BCUT2D eigenvalue weighted by molar-refractivity contribution is -0.207. The van der Waals surface area contributed by atoms with Crippen molar-refractivity contribution in [3.63, 3.8) is 0 Å². The topological polar surface area (TPSA) is 47.9 Å².